The zero-order valence-electron chi connectivity index (χ0n) is 12.6. The average molecular weight is 348 g/mol. The maximum atomic E-state index is 5.90. The highest BCUT2D eigenvalue weighted by atomic mass is 79.9. The summed E-state index contributed by atoms with van der Waals surface area (Å²) in [6, 6.07) is 14.2. The Bertz CT molecular complexity index is 578. The zero-order valence-corrected chi connectivity index (χ0v) is 14.2. The molecule has 0 fully saturated rings. The minimum atomic E-state index is 0.00581. The van der Waals surface area contributed by atoms with Crippen molar-refractivity contribution in [3.8, 4) is 11.5 Å². The minimum absolute atomic E-state index is 0.00581. The van der Waals surface area contributed by atoms with E-state index in [2.05, 4.69) is 35.0 Å². The summed E-state index contributed by atoms with van der Waals surface area (Å²) < 4.78 is 6.86. The fraction of sp³-hybridized carbons (Fsp3) is 0.333. The molecule has 0 heterocycles. The first-order chi connectivity index (χ1) is 10.1. The van der Waals surface area contributed by atoms with Gasteiger partial charge in [-0.15, -0.1) is 0 Å². The lowest BCUT2D eigenvalue weighted by Crippen LogP contribution is -2.05. The van der Waals surface area contributed by atoms with Gasteiger partial charge in [-0.05, 0) is 55.2 Å². The normalized spacial score (nSPS) is 12.2. The second-order valence-electron chi connectivity index (χ2n) is 5.32. The van der Waals surface area contributed by atoms with E-state index in [1.807, 2.05) is 37.3 Å². The third-order valence-electron chi connectivity index (χ3n) is 3.44. The van der Waals surface area contributed by atoms with Gasteiger partial charge < -0.3 is 10.5 Å². The molecule has 2 rings (SSSR count). The molecule has 0 unspecified atom stereocenters. The minimum Gasteiger partial charge on any atom is -0.457 e. The first-order valence-electron chi connectivity index (χ1n) is 7.42. The van der Waals surface area contributed by atoms with E-state index >= 15 is 0 Å². The van der Waals surface area contributed by atoms with E-state index in [-0.39, 0.29) is 6.04 Å². The fourth-order valence-electron chi connectivity index (χ4n) is 2.18. The second kappa shape index (κ2) is 7.62. The summed E-state index contributed by atoms with van der Waals surface area (Å²) >= 11 is 3.54. The molecule has 2 aromatic rings. The average Bonchev–Trinajstić information content (AvgIpc) is 2.46. The quantitative estimate of drug-likeness (QED) is 0.737. The number of hydrogen-bond donors (Lipinski definition) is 1. The van der Waals surface area contributed by atoms with E-state index in [1.54, 1.807) is 0 Å². The van der Waals surface area contributed by atoms with E-state index in [0.29, 0.717) is 0 Å². The first kappa shape index (κ1) is 16.1. The van der Waals surface area contributed by atoms with Crippen LogP contribution >= 0.6 is 15.9 Å². The molecule has 0 spiro atoms. The van der Waals surface area contributed by atoms with E-state index in [1.165, 1.54) is 18.4 Å². The van der Waals surface area contributed by atoms with Gasteiger partial charge >= 0.3 is 0 Å². The van der Waals surface area contributed by atoms with Crippen LogP contribution in [0.1, 0.15) is 43.9 Å². The summed E-state index contributed by atoms with van der Waals surface area (Å²) in [7, 11) is 0. The van der Waals surface area contributed by atoms with Crippen LogP contribution in [0.5, 0.6) is 11.5 Å². The monoisotopic (exact) mass is 347 g/mol. The number of hydrogen-bond acceptors (Lipinski definition) is 2. The van der Waals surface area contributed by atoms with Crippen LogP contribution in [0.2, 0.25) is 0 Å². The van der Waals surface area contributed by atoms with Gasteiger partial charge in [-0.2, -0.15) is 0 Å². The lowest BCUT2D eigenvalue weighted by atomic mass is 10.1. The summed E-state index contributed by atoms with van der Waals surface area (Å²) in [5.74, 6) is 1.67. The number of ether oxygens (including phenoxy) is 1. The zero-order chi connectivity index (χ0) is 15.2. The van der Waals surface area contributed by atoms with Gasteiger partial charge in [0.15, 0.2) is 0 Å². The van der Waals surface area contributed by atoms with Crippen LogP contribution in [0.15, 0.2) is 46.9 Å². The molecule has 2 nitrogen and oxygen atoms in total. The SMILES string of the molecule is CCCCc1ccc(Oc2ccc([C@@H](C)N)c(Br)c2)cc1. The van der Waals surface area contributed by atoms with Gasteiger partial charge in [0.05, 0.1) is 0 Å². The molecule has 21 heavy (non-hydrogen) atoms. The van der Waals surface area contributed by atoms with Gasteiger partial charge in [0.1, 0.15) is 11.5 Å². The number of halogens is 1. The number of rotatable bonds is 6. The van der Waals surface area contributed by atoms with Gasteiger partial charge in [-0.3, -0.25) is 0 Å². The van der Waals surface area contributed by atoms with Crippen molar-refractivity contribution < 1.29 is 4.74 Å². The Balaban J connectivity index is 2.06. The third kappa shape index (κ3) is 4.58. The highest BCUT2D eigenvalue weighted by Gasteiger charge is 2.07. The molecule has 0 aromatic heterocycles. The molecule has 0 aliphatic carbocycles. The maximum Gasteiger partial charge on any atom is 0.128 e. The van der Waals surface area contributed by atoms with Crippen molar-refractivity contribution >= 4 is 15.9 Å². The molecule has 3 heteroatoms. The number of benzene rings is 2. The summed E-state index contributed by atoms with van der Waals surface area (Å²) in [4.78, 5) is 0. The van der Waals surface area contributed by atoms with Crippen molar-refractivity contribution in [3.05, 3.63) is 58.1 Å². The van der Waals surface area contributed by atoms with Gasteiger partial charge in [0.25, 0.3) is 0 Å². The smallest absolute Gasteiger partial charge is 0.128 e. The van der Waals surface area contributed by atoms with Crippen LogP contribution in [0.25, 0.3) is 0 Å². The number of nitrogens with two attached hydrogens (primary N) is 1. The van der Waals surface area contributed by atoms with E-state index in [0.717, 1.165) is 28.0 Å². The Morgan fingerprint density at radius 3 is 2.33 bits per heavy atom. The van der Waals surface area contributed by atoms with E-state index < -0.39 is 0 Å². The van der Waals surface area contributed by atoms with Crippen LogP contribution in [0.3, 0.4) is 0 Å². The highest BCUT2D eigenvalue weighted by Crippen LogP contribution is 2.29. The lowest BCUT2D eigenvalue weighted by Gasteiger charge is -2.11. The highest BCUT2D eigenvalue weighted by molar-refractivity contribution is 9.10. The third-order valence-corrected chi connectivity index (χ3v) is 4.13. The predicted molar refractivity (Wildman–Crippen MR) is 91.9 cm³/mol. The largest absolute Gasteiger partial charge is 0.457 e. The molecule has 0 radical (unpaired) electrons. The molecule has 0 aliphatic heterocycles. The molecule has 0 aliphatic rings. The van der Waals surface area contributed by atoms with Crippen molar-refractivity contribution in [2.45, 2.75) is 39.2 Å². The van der Waals surface area contributed by atoms with Crippen molar-refractivity contribution in [2.75, 3.05) is 0 Å². The number of unbranched alkanes of at least 4 members (excludes halogenated alkanes) is 1. The van der Waals surface area contributed by atoms with Crippen LogP contribution in [-0.2, 0) is 6.42 Å². The summed E-state index contributed by atoms with van der Waals surface area (Å²) in [5, 5.41) is 0. The van der Waals surface area contributed by atoms with Crippen molar-refractivity contribution in [1.29, 1.82) is 0 Å². The molecule has 2 N–H and O–H groups in total. The fourth-order valence-corrected chi connectivity index (χ4v) is 2.90. The van der Waals surface area contributed by atoms with Crippen LogP contribution in [0.4, 0.5) is 0 Å². The molecular formula is C18H22BrNO. The molecular weight excluding hydrogens is 326 g/mol. The Morgan fingerprint density at radius 2 is 1.76 bits per heavy atom. The number of aryl methyl sites for hydroxylation is 1. The van der Waals surface area contributed by atoms with Gasteiger partial charge in [-0.25, -0.2) is 0 Å². The Labute approximate surface area is 135 Å². The molecule has 112 valence electrons. The first-order valence-corrected chi connectivity index (χ1v) is 8.21. The molecule has 1 atom stereocenters. The lowest BCUT2D eigenvalue weighted by molar-refractivity contribution is 0.481. The Hall–Kier alpha value is -1.32. The van der Waals surface area contributed by atoms with Crippen LogP contribution in [0, 0.1) is 0 Å². The van der Waals surface area contributed by atoms with Crippen molar-refractivity contribution in [2.24, 2.45) is 5.73 Å². The summed E-state index contributed by atoms with van der Waals surface area (Å²) in [6.45, 7) is 4.18. The van der Waals surface area contributed by atoms with Crippen molar-refractivity contribution in [3.63, 3.8) is 0 Å². The second-order valence-corrected chi connectivity index (χ2v) is 6.18. The van der Waals surface area contributed by atoms with Gasteiger partial charge in [0, 0.05) is 10.5 Å². The van der Waals surface area contributed by atoms with Gasteiger partial charge in [0.2, 0.25) is 0 Å². The standard InChI is InChI=1S/C18H22BrNO/c1-3-4-5-14-6-8-15(9-7-14)21-16-10-11-17(13(2)20)18(19)12-16/h6-13H,3-5,20H2,1-2H3/t13-/m1/s1. The summed E-state index contributed by atoms with van der Waals surface area (Å²) in [6.07, 6.45) is 3.58. The molecule has 0 bridgehead atoms. The Morgan fingerprint density at radius 1 is 1.10 bits per heavy atom. The van der Waals surface area contributed by atoms with E-state index in [9.17, 15) is 0 Å². The molecule has 2 aromatic carbocycles. The van der Waals surface area contributed by atoms with Crippen LogP contribution < -0.4 is 10.5 Å². The topological polar surface area (TPSA) is 35.2 Å². The Kier molecular flexibility index (Phi) is 5.83. The maximum absolute atomic E-state index is 5.90. The van der Waals surface area contributed by atoms with E-state index in [4.69, 9.17) is 10.5 Å². The van der Waals surface area contributed by atoms with Crippen LogP contribution in [-0.4, -0.2) is 0 Å². The van der Waals surface area contributed by atoms with Crippen molar-refractivity contribution in [1.82, 2.24) is 0 Å². The predicted octanol–water partition coefficient (Wildman–Crippen LogP) is 5.60. The molecule has 0 saturated heterocycles. The summed E-state index contributed by atoms with van der Waals surface area (Å²) in [5.41, 5.74) is 8.34. The molecule has 0 saturated carbocycles. The van der Waals surface area contributed by atoms with Gasteiger partial charge in [-0.1, -0.05) is 47.5 Å². The molecule has 0 amide bonds.